The number of nitrogens with zero attached hydrogens (tertiary/aromatic N) is 3. The van der Waals surface area contributed by atoms with Crippen molar-refractivity contribution in [2.45, 2.75) is 51.7 Å². The number of hydrogen-bond donors (Lipinski definition) is 0. The molecule has 1 aromatic heterocycles. The maximum Gasteiger partial charge on any atom is 0.229 e. The molecular formula is C18H21N3O2. The van der Waals surface area contributed by atoms with Crippen LogP contribution in [0.1, 0.15) is 56.7 Å². The first kappa shape index (κ1) is 14.5. The molecule has 1 aliphatic carbocycles. The smallest absolute Gasteiger partial charge is 0.229 e. The first-order valence-corrected chi connectivity index (χ1v) is 8.38. The molecule has 5 nitrogen and oxygen atoms in total. The highest BCUT2D eigenvalue weighted by Gasteiger charge is 2.49. The van der Waals surface area contributed by atoms with Crippen LogP contribution < -0.4 is 4.74 Å². The summed E-state index contributed by atoms with van der Waals surface area (Å²) in [6, 6.07) is 2.14. The van der Waals surface area contributed by atoms with E-state index in [4.69, 9.17) is 4.74 Å². The molecular weight excluding hydrogens is 290 g/mol. The highest BCUT2D eigenvalue weighted by molar-refractivity contribution is 5.83. The maximum absolute atomic E-state index is 13.2. The third-order valence-corrected chi connectivity index (χ3v) is 5.89. The van der Waals surface area contributed by atoms with E-state index in [1.165, 1.54) is 12.6 Å². The molecule has 0 N–H and O–H groups in total. The van der Waals surface area contributed by atoms with E-state index in [1.807, 2.05) is 4.90 Å². The Labute approximate surface area is 136 Å². The zero-order chi connectivity index (χ0) is 16.2. The second-order valence-corrected chi connectivity index (χ2v) is 7.52. The molecule has 5 heteroatoms. The summed E-state index contributed by atoms with van der Waals surface area (Å²) in [6.45, 7) is 4.76. The number of carbonyl (C=O) groups is 1. The third kappa shape index (κ3) is 2.04. The molecule has 3 heterocycles. The van der Waals surface area contributed by atoms with Gasteiger partial charge in [0.2, 0.25) is 5.91 Å². The molecule has 0 spiro atoms. The van der Waals surface area contributed by atoms with Gasteiger partial charge in [-0.25, -0.2) is 0 Å². The Morgan fingerprint density at radius 3 is 2.87 bits per heavy atom. The summed E-state index contributed by atoms with van der Waals surface area (Å²) in [4.78, 5) is 19.3. The lowest BCUT2D eigenvalue weighted by molar-refractivity contribution is -0.146. The fourth-order valence-corrected chi connectivity index (χ4v) is 4.16. The highest BCUT2D eigenvalue weighted by atomic mass is 16.5. The van der Waals surface area contributed by atoms with Gasteiger partial charge in [0, 0.05) is 29.8 Å². The molecule has 2 aliphatic heterocycles. The summed E-state index contributed by atoms with van der Waals surface area (Å²) in [5.41, 5.74) is 1.02. The van der Waals surface area contributed by atoms with E-state index < -0.39 is 0 Å². The van der Waals surface area contributed by atoms with Gasteiger partial charge in [0.25, 0.3) is 0 Å². The molecule has 4 rings (SSSR count). The Morgan fingerprint density at radius 1 is 1.43 bits per heavy atom. The summed E-state index contributed by atoms with van der Waals surface area (Å²) in [7, 11) is 0. The number of ether oxygens (including phenoxy) is 1. The minimum atomic E-state index is -0.323. The fraction of sp³-hybridized carbons (Fsp3) is 0.611. The van der Waals surface area contributed by atoms with Crippen molar-refractivity contribution in [2.24, 2.45) is 11.3 Å². The molecule has 0 unspecified atom stereocenters. The number of rotatable bonds is 2. The van der Waals surface area contributed by atoms with Gasteiger partial charge in [-0.05, 0) is 18.8 Å². The van der Waals surface area contributed by atoms with Crippen molar-refractivity contribution < 1.29 is 9.53 Å². The van der Waals surface area contributed by atoms with Crippen molar-refractivity contribution in [1.82, 2.24) is 9.88 Å². The molecule has 1 amide bonds. The van der Waals surface area contributed by atoms with E-state index in [0.29, 0.717) is 23.8 Å². The molecule has 120 valence electrons. The average molecular weight is 311 g/mol. The lowest BCUT2D eigenvalue weighted by Crippen LogP contribution is -2.46. The summed E-state index contributed by atoms with van der Waals surface area (Å²) < 4.78 is 5.98. The van der Waals surface area contributed by atoms with Crippen molar-refractivity contribution in [3.8, 4) is 11.8 Å². The van der Waals surface area contributed by atoms with E-state index in [-0.39, 0.29) is 23.5 Å². The summed E-state index contributed by atoms with van der Waals surface area (Å²) in [5.74, 6) is 1.33. The van der Waals surface area contributed by atoms with Crippen LogP contribution in [0.3, 0.4) is 0 Å². The molecule has 2 atom stereocenters. The molecule has 3 aliphatic rings. The molecule has 0 aromatic carbocycles. The topological polar surface area (TPSA) is 66.2 Å². The van der Waals surface area contributed by atoms with E-state index in [9.17, 15) is 10.1 Å². The van der Waals surface area contributed by atoms with Gasteiger partial charge in [-0.2, -0.15) is 5.26 Å². The van der Waals surface area contributed by atoms with E-state index >= 15 is 0 Å². The Morgan fingerprint density at radius 2 is 2.22 bits per heavy atom. The number of nitriles is 1. The van der Waals surface area contributed by atoms with Crippen molar-refractivity contribution >= 4 is 5.91 Å². The van der Waals surface area contributed by atoms with Crippen molar-refractivity contribution in [2.75, 3.05) is 6.54 Å². The second-order valence-electron chi connectivity index (χ2n) is 7.52. The Bertz CT molecular complexity index is 703. The quantitative estimate of drug-likeness (QED) is 0.842. The van der Waals surface area contributed by atoms with Gasteiger partial charge in [-0.15, -0.1) is 0 Å². The fourth-order valence-electron chi connectivity index (χ4n) is 4.16. The lowest BCUT2D eigenvalue weighted by atomic mass is 9.66. The lowest BCUT2D eigenvalue weighted by Gasteiger charge is -2.42. The predicted octanol–water partition coefficient (Wildman–Crippen LogP) is 2.81. The largest absolute Gasteiger partial charge is 0.487 e. The first-order chi connectivity index (χ1) is 11.0. The average Bonchev–Trinajstić information content (AvgIpc) is 2.81. The van der Waals surface area contributed by atoms with Crippen molar-refractivity contribution in [3.05, 3.63) is 23.5 Å². The van der Waals surface area contributed by atoms with Crippen LogP contribution in [0.5, 0.6) is 5.75 Å². The minimum Gasteiger partial charge on any atom is -0.487 e. The van der Waals surface area contributed by atoms with Crippen molar-refractivity contribution in [1.29, 1.82) is 5.26 Å². The predicted molar refractivity (Wildman–Crippen MR) is 83.6 cm³/mol. The van der Waals surface area contributed by atoms with Gasteiger partial charge in [0.15, 0.2) is 0 Å². The Balaban J connectivity index is 1.67. The van der Waals surface area contributed by atoms with E-state index in [1.54, 1.807) is 6.20 Å². The number of aromatic nitrogens is 1. The molecule has 23 heavy (non-hydrogen) atoms. The normalized spacial score (nSPS) is 26.0. The molecule has 1 aromatic rings. The van der Waals surface area contributed by atoms with Crippen LogP contribution in [0.15, 0.2) is 12.4 Å². The van der Waals surface area contributed by atoms with Crippen LogP contribution in [0, 0.1) is 22.7 Å². The number of carbonyl (C=O) groups excluding carboxylic acids is 1. The van der Waals surface area contributed by atoms with Crippen LogP contribution in [-0.4, -0.2) is 28.4 Å². The number of pyridine rings is 1. The number of amides is 1. The van der Waals surface area contributed by atoms with Gasteiger partial charge in [-0.3, -0.25) is 9.78 Å². The molecule has 0 radical (unpaired) electrons. The summed E-state index contributed by atoms with van der Waals surface area (Å²) >= 11 is 0. The number of likely N-dealkylation sites (tertiary alicyclic amines) is 1. The van der Waals surface area contributed by atoms with Gasteiger partial charge < -0.3 is 9.64 Å². The molecule has 1 saturated heterocycles. The monoisotopic (exact) mass is 311 g/mol. The van der Waals surface area contributed by atoms with E-state index in [0.717, 1.165) is 24.8 Å². The van der Waals surface area contributed by atoms with Crippen LogP contribution >= 0.6 is 0 Å². The third-order valence-electron chi connectivity index (χ3n) is 5.89. The van der Waals surface area contributed by atoms with Crippen LogP contribution in [-0.2, 0) is 4.79 Å². The molecule has 1 saturated carbocycles. The Hall–Kier alpha value is -2.09. The van der Waals surface area contributed by atoms with Crippen molar-refractivity contribution in [3.63, 3.8) is 0 Å². The highest BCUT2D eigenvalue weighted by Crippen LogP contribution is 2.49. The standard InChI is InChI=1S/C18H21N3O2/c1-18(2,12-4-3-5-12)17(22)21-10-13-6-15(21)14-9-20-8-11(7-19)16(14)23-13/h8-9,12-13,15H,3-6,10H2,1-2H3/t13-,15-/m0/s1. The maximum atomic E-state index is 13.2. The second kappa shape index (κ2) is 4.95. The van der Waals surface area contributed by atoms with Crippen LogP contribution in [0.4, 0.5) is 0 Å². The first-order valence-electron chi connectivity index (χ1n) is 8.38. The zero-order valence-corrected chi connectivity index (χ0v) is 13.6. The molecule has 2 fully saturated rings. The molecule has 2 bridgehead atoms. The van der Waals surface area contributed by atoms with Gasteiger partial charge >= 0.3 is 0 Å². The Kier molecular flexibility index (Phi) is 3.12. The number of hydrogen-bond acceptors (Lipinski definition) is 4. The van der Waals surface area contributed by atoms with E-state index in [2.05, 4.69) is 24.9 Å². The summed E-state index contributed by atoms with van der Waals surface area (Å²) in [6.07, 6.45) is 7.60. The van der Waals surface area contributed by atoms with Gasteiger partial charge in [0.05, 0.1) is 12.6 Å². The van der Waals surface area contributed by atoms with Gasteiger partial charge in [-0.1, -0.05) is 20.3 Å². The summed E-state index contributed by atoms with van der Waals surface area (Å²) in [5, 5.41) is 9.25. The SMILES string of the molecule is CC(C)(C(=O)N1C[C@@H]2C[C@H]1c1cncc(C#N)c1O2)C1CCC1. The van der Waals surface area contributed by atoms with Crippen LogP contribution in [0.2, 0.25) is 0 Å². The van der Waals surface area contributed by atoms with Gasteiger partial charge in [0.1, 0.15) is 23.5 Å². The van der Waals surface area contributed by atoms with Crippen LogP contribution in [0.25, 0.3) is 0 Å². The minimum absolute atomic E-state index is 0.00333. The zero-order valence-electron chi connectivity index (χ0n) is 13.6. The number of fused-ring (bicyclic) bond motifs is 4.